The molecule has 0 aliphatic heterocycles. The van der Waals surface area contributed by atoms with Crippen molar-refractivity contribution in [2.75, 3.05) is 32.7 Å². The Bertz CT molecular complexity index is 1230. The summed E-state index contributed by atoms with van der Waals surface area (Å²) in [5, 5.41) is 11.9. The first-order chi connectivity index (χ1) is 17.8. The zero-order valence-electron chi connectivity index (χ0n) is 21.3. The van der Waals surface area contributed by atoms with Crippen molar-refractivity contribution >= 4 is 29.2 Å². The number of hydrogen-bond acceptors (Lipinski definition) is 6. The lowest BCUT2D eigenvalue weighted by atomic mass is 9.96. The van der Waals surface area contributed by atoms with Gasteiger partial charge in [-0.3, -0.25) is 14.4 Å². The summed E-state index contributed by atoms with van der Waals surface area (Å²) in [5.74, 6) is -0.205. The van der Waals surface area contributed by atoms with Gasteiger partial charge in [0.05, 0.1) is 13.2 Å². The first kappa shape index (κ1) is 27.4. The summed E-state index contributed by atoms with van der Waals surface area (Å²) < 4.78 is 5.21. The van der Waals surface area contributed by atoms with Gasteiger partial charge >= 0.3 is 0 Å². The molecule has 0 radical (unpaired) electrons. The summed E-state index contributed by atoms with van der Waals surface area (Å²) in [6, 6.07) is 20.9. The highest BCUT2D eigenvalue weighted by molar-refractivity contribution is 5.98. The fraction of sp³-hybridized carbons (Fsp3) is 0.233. The predicted molar refractivity (Wildman–Crippen MR) is 145 cm³/mol. The second-order valence-corrected chi connectivity index (χ2v) is 8.85. The lowest BCUT2D eigenvalue weighted by molar-refractivity contribution is -0.125. The molecule has 7 nitrogen and oxygen atoms in total. The summed E-state index contributed by atoms with van der Waals surface area (Å²) in [7, 11) is 5.50. The van der Waals surface area contributed by atoms with E-state index in [0.29, 0.717) is 23.3 Å². The number of aliphatic hydroxyl groups is 1. The Morgan fingerprint density at radius 3 is 2.11 bits per heavy atom. The SMILES string of the molecule is COc1ccc(C[C@H](NC(=O)/C=C/c2ccc(N(C)C)cc2)C(=O)Cc2ccc(C(=O)CO)cc2)cc1. The van der Waals surface area contributed by atoms with Crippen LogP contribution in [0.3, 0.4) is 0 Å². The van der Waals surface area contributed by atoms with Crippen molar-refractivity contribution in [3.8, 4) is 5.75 Å². The molecule has 3 aromatic rings. The average molecular weight is 501 g/mol. The summed E-state index contributed by atoms with van der Waals surface area (Å²) in [4.78, 5) is 39.7. The van der Waals surface area contributed by atoms with Gasteiger partial charge in [0.2, 0.25) is 5.91 Å². The van der Waals surface area contributed by atoms with Crippen molar-refractivity contribution < 1.29 is 24.2 Å². The molecule has 0 aromatic heterocycles. The third kappa shape index (κ3) is 8.15. The van der Waals surface area contributed by atoms with E-state index in [0.717, 1.165) is 16.8 Å². The van der Waals surface area contributed by atoms with Crippen molar-refractivity contribution in [1.29, 1.82) is 0 Å². The standard InChI is InChI=1S/C30H32N2O5/c1-32(2)25-13-6-21(7-14-25)10-17-30(36)31-27(18-22-8-15-26(37-3)16-9-22)28(34)19-23-4-11-24(12-5-23)29(35)20-33/h4-17,27,33H,18-20H2,1-3H3,(H,31,36)/b17-10+/t27-/m0/s1. The molecule has 0 spiro atoms. The maximum absolute atomic E-state index is 13.3. The third-order valence-corrected chi connectivity index (χ3v) is 5.94. The van der Waals surface area contributed by atoms with E-state index < -0.39 is 12.6 Å². The van der Waals surface area contributed by atoms with Crippen LogP contribution in [0.4, 0.5) is 5.69 Å². The molecule has 192 valence electrons. The van der Waals surface area contributed by atoms with E-state index in [1.54, 1.807) is 37.5 Å². The number of ketones is 2. The summed E-state index contributed by atoms with van der Waals surface area (Å²) >= 11 is 0. The molecule has 0 saturated heterocycles. The Labute approximate surface area is 217 Å². The number of ether oxygens (including phenoxy) is 1. The van der Waals surface area contributed by atoms with E-state index in [2.05, 4.69) is 5.32 Å². The van der Waals surface area contributed by atoms with Gasteiger partial charge in [-0.2, -0.15) is 0 Å². The van der Waals surface area contributed by atoms with Crippen LogP contribution in [0.25, 0.3) is 6.08 Å². The number of amides is 1. The Balaban J connectivity index is 1.73. The van der Waals surface area contributed by atoms with Gasteiger partial charge in [0, 0.05) is 37.8 Å². The largest absolute Gasteiger partial charge is 0.497 e. The zero-order valence-corrected chi connectivity index (χ0v) is 21.3. The topological polar surface area (TPSA) is 95.9 Å². The minimum atomic E-state index is -0.750. The first-order valence-electron chi connectivity index (χ1n) is 11.9. The van der Waals surface area contributed by atoms with Crippen molar-refractivity contribution in [3.63, 3.8) is 0 Å². The summed E-state index contributed by atoms with van der Waals surface area (Å²) in [6.07, 6.45) is 3.54. The molecule has 7 heteroatoms. The number of hydrogen-bond donors (Lipinski definition) is 2. The number of carbonyl (C=O) groups excluding carboxylic acids is 3. The minimum Gasteiger partial charge on any atom is -0.497 e. The lowest BCUT2D eigenvalue weighted by Gasteiger charge is -2.17. The summed E-state index contributed by atoms with van der Waals surface area (Å²) in [5.41, 5.74) is 3.90. The van der Waals surface area contributed by atoms with E-state index in [4.69, 9.17) is 9.84 Å². The molecular weight excluding hydrogens is 468 g/mol. The molecular formula is C30H32N2O5. The molecule has 0 bridgehead atoms. The highest BCUT2D eigenvalue weighted by atomic mass is 16.5. The average Bonchev–Trinajstić information content (AvgIpc) is 2.92. The second kappa shape index (κ2) is 13.2. The van der Waals surface area contributed by atoms with Gasteiger partial charge in [0.15, 0.2) is 11.6 Å². The normalized spacial score (nSPS) is 11.7. The highest BCUT2D eigenvalue weighted by Gasteiger charge is 2.21. The van der Waals surface area contributed by atoms with Gasteiger partial charge < -0.3 is 20.1 Å². The van der Waals surface area contributed by atoms with Crippen LogP contribution in [0.15, 0.2) is 78.9 Å². The van der Waals surface area contributed by atoms with E-state index in [-0.39, 0.29) is 23.9 Å². The maximum Gasteiger partial charge on any atom is 0.244 e. The number of anilines is 1. The van der Waals surface area contributed by atoms with Gasteiger partial charge in [-0.25, -0.2) is 0 Å². The minimum absolute atomic E-state index is 0.0877. The van der Waals surface area contributed by atoms with Crippen LogP contribution in [0.1, 0.15) is 27.0 Å². The van der Waals surface area contributed by atoms with E-state index in [9.17, 15) is 14.4 Å². The third-order valence-electron chi connectivity index (χ3n) is 5.94. The number of nitrogens with one attached hydrogen (secondary N) is 1. The van der Waals surface area contributed by atoms with Crippen LogP contribution in [-0.4, -0.2) is 56.4 Å². The quantitative estimate of drug-likeness (QED) is 0.292. The molecule has 37 heavy (non-hydrogen) atoms. The molecule has 0 fully saturated rings. The Kier molecular flexibility index (Phi) is 9.75. The smallest absolute Gasteiger partial charge is 0.244 e. The molecule has 0 unspecified atom stereocenters. The van der Waals surface area contributed by atoms with Gasteiger partial charge in [-0.15, -0.1) is 0 Å². The summed E-state index contributed by atoms with van der Waals surface area (Å²) in [6.45, 7) is -0.568. The molecule has 0 aliphatic carbocycles. The Morgan fingerprint density at radius 2 is 1.54 bits per heavy atom. The number of Topliss-reactive ketones (excluding diaryl/α,β-unsaturated/α-hetero) is 2. The van der Waals surface area contributed by atoms with Crippen LogP contribution >= 0.6 is 0 Å². The van der Waals surface area contributed by atoms with E-state index in [1.807, 2.05) is 67.5 Å². The van der Waals surface area contributed by atoms with Crippen molar-refractivity contribution in [2.45, 2.75) is 18.9 Å². The number of methoxy groups -OCH3 is 1. The predicted octanol–water partition coefficient (Wildman–Crippen LogP) is 3.49. The molecule has 0 heterocycles. The fourth-order valence-electron chi connectivity index (χ4n) is 3.74. The van der Waals surface area contributed by atoms with Crippen LogP contribution in [0, 0.1) is 0 Å². The lowest BCUT2D eigenvalue weighted by Crippen LogP contribution is -2.42. The fourth-order valence-corrected chi connectivity index (χ4v) is 3.74. The van der Waals surface area contributed by atoms with Crippen LogP contribution in [0.5, 0.6) is 5.75 Å². The van der Waals surface area contributed by atoms with Gasteiger partial charge in [0.25, 0.3) is 0 Å². The van der Waals surface area contributed by atoms with Crippen LogP contribution in [-0.2, 0) is 22.4 Å². The number of aliphatic hydroxyl groups excluding tert-OH is 1. The van der Waals surface area contributed by atoms with Gasteiger partial charge in [-0.05, 0) is 53.5 Å². The molecule has 0 aliphatic rings. The maximum atomic E-state index is 13.3. The molecule has 3 rings (SSSR count). The number of nitrogens with zero attached hydrogens (tertiary/aromatic N) is 1. The van der Waals surface area contributed by atoms with E-state index >= 15 is 0 Å². The van der Waals surface area contributed by atoms with Crippen molar-refractivity contribution in [2.24, 2.45) is 0 Å². The number of rotatable bonds is 12. The number of carbonyl (C=O) groups is 3. The second-order valence-electron chi connectivity index (χ2n) is 8.85. The van der Waals surface area contributed by atoms with Crippen molar-refractivity contribution in [1.82, 2.24) is 5.32 Å². The zero-order chi connectivity index (χ0) is 26.8. The highest BCUT2D eigenvalue weighted by Crippen LogP contribution is 2.15. The van der Waals surface area contributed by atoms with Gasteiger partial charge in [0.1, 0.15) is 12.4 Å². The first-order valence-corrected chi connectivity index (χ1v) is 11.9. The molecule has 1 atom stereocenters. The molecule has 0 saturated carbocycles. The van der Waals surface area contributed by atoms with E-state index in [1.165, 1.54) is 6.08 Å². The monoisotopic (exact) mass is 500 g/mol. The van der Waals surface area contributed by atoms with Crippen molar-refractivity contribution in [3.05, 3.63) is 101 Å². The Morgan fingerprint density at radius 1 is 0.919 bits per heavy atom. The van der Waals surface area contributed by atoms with Crippen LogP contribution < -0.4 is 15.0 Å². The molecule has 2 N–H and O–H groups in total. The molecule has 3 aromatic carbocycles. The Hall–Kier alpha value is -4.23. The number of benzene rings is 3. The van der Waals surface area contributed by atoms with Crippen LogP contribution in [0.2, 0.25) is 0 Å². The van der Waals surface area contributed by atoms with Gasteiger partial charge in [-0.1, -0.05) is 48.5 Å². The molecule has 1 amide bonds.